The van der Waals surface area contributed by atoms with Crippen LogP contribution in [0.25, 0.3) is 0 Å². The van der Waals surface area contributed by atoms with E-state index >= 15 is 0 Å². The van der Waals surface area contributed by atoms with Crippen LogP contribution >= 0.6 is 23.1 Å². The van der Waals surface area contributed by atoms with Gasteiger partial charge in [0.05, 0.1) is 10.7 Å². The van der Waals surface area contributed by atoms with E-state index in [0.29, 0.717) is 10.8 Å². The maximum atomic E-state index is 4.57. The molecule has 90 valence electrons. The second-order valence-electron chi connectivity index (χ2n) is 4.67. The molecule has 0 bridgehead atoms. The molecule has 1 aromatic rings. The maximum Gasteiger partial charge on any atom is 0.0897 e. The number of nitrogens with zero attached hydrogens (tertiary/aromatic N) is 1. The van der Waals surface area contributed by atoms with Crippen LogP contribution in [-0.4, -0.2) is 28.6 Å². The highest BCUT2D eigenvalue weighted by Gasteiger charge is 2.37. The number of likely N-dealkylation sites (N-methyl/N-ethyl adjacent to an activating group) is 1. The molecule has 0 amide bonds. The van der Waals surface area contributed by atoms with Crippen LogP contribution in [0, 0.1) is 6.92 Å². The molecule has 0 saturated carbocycles. The smallest absolute Gasteiger partial charge is 0.0897 e. The first-order valence-electron chi connectivity index (χ1n) is 5.86. The molecule has 0 radical (unpaired) electrons. The summed E-state index contributed by atoms with van der Waals surface area (Å²) in [5.41, 5.74) is 1.25. The van der Waals surface area contributed by atoms with Gasteiger partial charge >= 0.3 is 0 Å². The van der Waals surface area contributed by atoms with Gasteiger partial charge in [-0.15, -0.1) is 11.3 Å². The van der Waals surface area contributed by atoms with E-state index < -0.39 is 0 Å². The zero-order valence-electron chi connectivity index (χ0n) is 10.2. The SMILES string of the molecule is CNC(Cc1csc(C)n1)C1(C)CCCS1. The summed E-state index contributed by atoms with van der Waals surface area (Å²) in [4.78, 5) is 4.57. The summed E-state index contributed by atoms with van der Waals surface area (Å²) >= 11 is 3.87. The number of hydrogen-bond donors (Lipinski definition) is 1. The Bertz CT molecular complexity index is 343. The predicted molar refractivity (Wildman–Crippen MR) is 73.5 cm³/mol. The van der Waals surface area contributed by atoms with E-state index in [-0.39, 0.29) is 0 Å². The lowest BCUT2D eigenvalue weighted by atomic mass is 9.93. The number of thioether (sulfide) groups is 1. The fourth-order valence-electron chi connectivity index (χ4n) is 2.41. The van der Waals surface area contributed by atoms with Gasteiger partial charge in [0, 0.05) is 22.6 Å². The van der Waals surface area contributed by atoms with Gasteiger partial charge in [0.1, 0.15) is 0 Å². The van der Waals surface area contributed by atoms with E-state index in [1.54, 1.807) is 11.3 Å². The van der Waals surface area contributed by atoms with E-state index in [1.807, 2.05) is 0 Å². The van der Waals surface area contributed by atoms with E-state index in [4.69, 9.17) is 0 Å². The van der Waals surface area contributed by atoms with Crippen molar-refractivity contribution in [3.63, 3.8) is 0 Å². The minimum atomic E-state index is 0.395. The molecule has 2 atom stereocenters. The van der Waals surface area contributed by atoms with Crippen molar-refractivity contribution in [2.24, 2.45) is 0 Å². The number of thiazole rings is 1. The highest BCUT2D eigenvalue weighted by molar-refractivity contribution is 8.00. The summed E-state index contributed by atoms with van der Waals surface area (Å²) in [6.45, 7) is 4.47. The molecule has 2 heterocycles. The molecular weight excluding hydrogens is 236 g/mol. The molecule has 4 heteroatoms. The monoisotopic (exact) mass is 256 g/mol. The summed E-state index contributed by atoms with van der Waals surface area (Å²) in [7, 11) is 2.08. The zero-order valence-corrected chi connectivity index (χ0v) is 11.9. The van der Waals surface area contributed by atoms with Crippen LogP contribution in [0.3, 0.4) is 0 Å². The van der Waals surface area contributed by atoms with Crippen molar-refractivity contribution in [3.8, 4) is 0 Å². The molecule has 1 aromatic heterocycles. The molecule has 0 aromatic carbocycles. The number of nitrogens with one attached hydrogen (secondary N) is 1. The number of hydrogen-bond acceptors (Lipinski definition) is 4. The Balaban J connectivity index is 2.05. The van der Waals surface area contributed by atoms with Crippen molar-refractivity contribution in [2.45, 2.75) is 43.9 Å². The highest BCUT2D eigenvalue weighted by atomic mass is 32.2. The molecule has 2 unspecified atom stereocenters. The predicted octanol–water partition coefficient (Wildman–Crippen LogP) is 2.87. The Morgan fingerprint density at radius 2 is 2.44 bits per heavy atom. The van der Waals surface area contributed by atoms with Crippen molar-refractivity contribution in [1.29, 1.82) is 0 Å². The first-order chi connectivity index (χ1) is 7.64. The van der Waals surface area contributed by atoms with E-state index in [2.05, 4.69) is 48.3 Å². The lowest BCUT2D eigenvalue weighted by Gasteiger charge is -2.32. The summed E-state index contributed by atoms with van der Waals surface area (Å²) < 4.78 is 0.395. The van der Waals surface area contributed by atoms with Crippen molar-refractivity contribution < 1.29 is 0 Å². The molecule has 16 heavy (non-hydrogen) atoms. The van der Waals surface area contributed by atoms with Gasteiger partial charge in [0.15, 0.2) is 0 Å². The Hall–Kier alpha value is -0.0600. The minimum Gasteiger partial charge on any atom is -0.315 e. The largest absolute Gasteiger partial charge is 0.315 e. The lowest BCUT2D eigenvalue weighted by Crippen LogP contribution is -2.45. The number of aromatic nitrogens is 1. The van der Waals surface area contributed by atoms with Crippen LogP contribution in [-0.2, 0) is 6.42 Å². The molecule has 1 fully saturated rings. The standard InChI is InChI=1S/C12H20N2S2/c1-9-14-10(8-15-9)7-11(13-3)12(2)5-4-6-16-12/h8,11,13H,4-7H2,1-3H3. The van der Waals surface area contributed by atoms with Gasteiger partial charge in [0.25, 0.3) is 0 Å². The normalized spacial score (nSPS) is 27.2. The molecule has 1 N–H and O–H groups in total. The Morgan fingerprint density at radius 3 is 2.94 bits per heavy atom. The van der Waals surface area contributed by atoms with Crippen molar-refractivity contribution in [3.05, 3.63) is 16.1 Å². The van der Waals surface area contributed by atoms with Gasteiger partial charge in [-0.2, -0.15) is 11.8 Å². The average molecular weight is 256 g/mol. The van der Waals surface area contributed by atoms with Crippen molar-refractivity contribution in [2.75, 3.05) is 12.8 Å². The quantitative estimate of drug-likeness (QED) is 0.896. The molecule has 1 aliphatic heterocycles. The molecule has 0 aliphatic carbocycles. The second kappa shape index (κ2) is 5.07. The molecule has 2 nitrogen and oxygen atoms in total. The van der Waals surface area contributed by atoms with Gasteiger partial charge in [-0.1, -0.05) is 0 Å². The summed E-state index contributed by atoms with van der Waals surface area (Å²) in [5, 5.41) is 6.86. The Kier molecular flexibility index (Phi) is 3.93. The molecule has 1 aliphatic rings. The Labute approximate surface area is 106 Å². The van der Waals surface area contributed by atoms with Crippen molar-refractivity contribution in [1.82, 2.24) is 10.3 Å². The third kappa shape index (κ3) is 2.60. The lowest BCUT2D eigenvalue weighted by molar-refractivity contribution is 0.421. The van der Waals surface area contributed by atoms with Crippen LogP contribution in [0.5, 0.6) is 0 Å². The first-order valence-corrected chi connectivity index (χ1v) is 7.73. The Morgan fingerprint density at radius 1 is 1.62 bits per heavy atom. The third-order valence-electron chi connectivity index (χ3n) is 3.41. The van der Waals surface area contributed by atoms with E-state index in [9.17, 15) is 0 Å². The van der Waals surface area contributed by atoms with Crippen LogP contribution < -0.4 is 5.32 Å². The topological polar surface area (TPSA) is 24.9 Å². The summed E-state index contributed by atoms with van der Waals surface area (Å²) in [6.07, 6.45) is 3.74. The fraction of sp³-hybridized carbons (Fsp3) is 0.750. The molecule has 1 saturated heterocycles. The molecule has 0 spiro atoms. The number of aryl methyl sites for hydroxylation is 1. The molecule has 2 rings (SSSR count). The van der Waals surface area contributed by atoms with Gasteiger partial charge in [-0.3, -0.25) is 0 Å². The average Bonchev–Trinajstić information content (AvgIpc) is 2.85. The van der Waals surface area contributed by atoms with Gasteiger partial charge in [-0.05, 0) is 39.5 Å². The fourth-order valence-corrected chi connectivity index (χ4v) is 4.48. The molecular formula is C12H20N2S2. The summed E-state index contributed by atoms with van der Waals surface area (Å²) in [5.74, 6) is 1.31. The van der Waals surface area contributed by atoms with Crippen LogP contribution in [0.1, 0.15) is 30.5 Å². The highest BCUT2D eigenvalue weighted by Crippen LogP contribution is 2.41. The maximum absolute atomic E-state index is 4.57. The first kappa shape index (κ1) is 12.4. The zero-order chi connectivity index (χ0) is 11.6. The number of rotatable bonds is 4. The minimum absolute atomic E-state index is 0.395. The van der Waals surface area contributed by atoms with Gasteiger partial charge in [-0.25, -0.2) is 4.98 Å². The van der Waals surface area contributed by atoms with Crippen LogP contribution in [0.2, 0.25) is 0 Å². The van der Waals surface area contributed by atoms with Gasteiger partial charge in [0.2, 0.25) is 0 Å². The summed E-state index contributed by atoms with van der Waals surface area (Å²) in [6, 6.07) is 0.543. The second-order valence-corrected chi connectivity index (χ2v) is 7.36. The third-order valence-corrected chi connectivity index (χ3v) is 5.88. The van der Waals surface area contributed by atoms with Crippen molar-refractivity contribution >= 4 is 23.1 Å². The van der Waals surface area contributed by atoms with Crippen LogP contribution in [0.15, 0.2) is 5.38 Å². The van der Waals surface area contributed by atoms with E-state index in [0.717, 1.165) is 6.42 Å². The van der Waals surface area contributed by atoms with E-state index in [1.165, 1.54) is 29.3 Å². The van der Waals surface area contributed by atoms with Crippen LogP contribution in [0.4, 0.5) is 0 Å². The van der Waals surface area contributed by atoms with Gasteiger partial charge < -0.3 is 5.32 Å².